The van der Waals surface area contributed by atoms with Crippen LogP contribution in [0.5, 0.6) is 0 Å². The molecular formula is C10H10BrN5O. The SMILES string of the molecule is Nc1[nH]ncc1CNC(=O)c1cncc(Br)c1. The second-order valence-electron chi connectivity index (χ2n) is 3.38. The number of carbonyl (C=O) groups is 1. The van der Waals surface area contributed by atoms with Crippen LogP contribution < -0.4 is 11.1 Å². The summed E-state index contributed by atoms with van der Waals surface area (Å²) in [6.07, 6.45) is 4.69. The summed E-state index contributed by atoms with van der Waals surface area (Å²) in [5.41, 5.74) is 6.84. The number of hydrogen-bond donors (Lipinski definition) is 3. The summed E-state index contributed by atoms with van der Waals surface area (Å²) in [4.78, 5) is 15.7. The first kappa shape index (κ1) is 11.6. The highest BCUT2D eigenvalue weighted by Gasteiger charge is 2.07. The normalized spacial score (nSPS) is 10.2. The standard InChI is InChI=1S/C10H10BrN5O/c11-8-1-6(2-13-5-8)10(17)14-3-7-4-15-16-9(7)12/h1-2,4-5H,3H2,(H,14,17)(H3,12,15,16). The lowest BCUT2D eigenvalue weighted by Crippen LogP contribution is -2.23. The number of carbonyl (C=O) groups excluding carboxylic acids is 1. The first-order valence-electron chi connectivity index (χ1n) is 4.83. The lowest BCUT2D eigenvalue weighted by Gasteiger charge is -2.04. The average molecular weight is 296 g/mol. The predicted molar refractivity (Wildman–Crippen MR) is 66.1 cm³/mol. The van der Waals surface area contributed by atoms with Crippen LogP contribution in [-0.2, 0) is 6.54 Å². The molecule has 0 aliphatic carbocycles. The van der Waals surface area contributed by atoms with Gasteiger partial charge in [-0.3, -0.25) is 14.9 Å². The molecule has 0 spiro atoms. The molecule has 6 nitrogen and oxygen atoms in total. The zero-order valence-corrected chi connectivity index (χ0v) is 10.4. The van der Waals surface area contributed by atoms with E-state index in [1.807, 2.05) is 0 Å². The van der Waals surface area contributed by atoms with Gasteiger partial charge in [0.1, 0.15) is 5.82 Å². The van der Waals surface area contributed by atoms with E-state index in [9.17, 15) is 4.79 Å². The van der Waals surface area contributed by atoms with Crippen LogP contribution in [0.2, 0.25) is 0 Å². The summed E-state index contributed by atoms with van der Waals surface area (Å²) < 4.78 is 0.757. The van der Waals surface area contributed by atoms with Crippen LogP contribution in [0.3, 0.4) is 0 Å². The molecule has 2 aromatic heterocycles. The lowest BCUT2D eigenvalue weighted by molar-refractivity contribution is 0.0950. The molecular weight excluding hydrogens is 286 g/mol. The van der Waals surface area contributed by atoms with Gasteiger partial charge in [0.2, 0.25) is 0 Å². The van der Waals surface area contributed by atoms with Crippen LogP contribution in [0, 0.1) is 0 Å². The summed E-state index contributed by atoms with van der Waals surface area (Å²) >= 11 is 3.25. The van der Waals surface area contributed by atoms with Gasteiger partial charge in [0.25, 0.3) is 5.91 Å². The number of pyridine rings is 1. The molecule has 0 atom stereocenters. The fourth-order valence-electron chi connectivity index (χ4n) is 1.28. The van der Waals surface area contributed by atoms with Crippen LogP contribution >= 0.6 is 15.9 Å². The number of hydrogen-bond acceptors (Lipinski definition) is 4. The summed E-state index contributed by atoms with van der Waals surface area (Å²) in [6, 6.07) is 1.70. The van der Waals surface area contributed by atoms with Crippen LogP contribution in [-0.4, -0.2) is 21.1 Å². The maximum absolute atomic E-state index is 11.8. The Hall–Kier alpha value is -1.89. The Balaban J connectivity index is 2.01. The van der Waals surface area contributed by atoms with Gasteiger partial charge in [-0.2, -0.15) is 5.10 Å². The molecule has 0 unspecified atom stereocenters. The predicted octanol–water partition coefficient (Wildman–Crippen LogP) is 1.08. The monoisotopic (exact) mass is 295 g/mol. The molecule has 4 N–H and O–H groups in total. The topological polar surface area (TPSA) is 96.7 Å². The van der Waals surface area contributed by atoms with E-state index in [4.69, 9.17) is 5.73 Å². The van der Waals surface area contributed by atoms with Gasteiger partial charge in [-0.1, -0.05) is 0 Å². The molecule has 7 heteroatoms. The van der Waals surface area contributed by atoms with Crippen molar-refractivity contribution in [3.8, 4) is 0 Å². The third-order valence-corrected chi connectivity index (χ3v) is 2.59. The number of rotatable bonds is 3. The molecule has 1 amide bonds. The third kappa shape index (κ3) is 2.82. The number of aromatic nitrogens is 3. The molecule has 2 aromatic rings. The Bertz CT molecular complexity index is 539. The van der Waals surface area contributed by atoms with Crippen molar-refractivity contribution >= 4 is 27.7 Å². The highest BCUT2D eigenvalue weighted by molar-refractivity contribution is 9.10. The van der Waals surface area contributed by atoms with E-state index in [-0.39, 0.29) is 5.91 Å². The molecule has 2 rings (SSSR count). The number of nitrogen functional groups attached to an aromatic ring is 1. The number of halogens is 1. The van der Waals surface area contributed by atoms with Crippen molar-refractivity contribution in [3.63, 3.8) is 0 Å². The highest BCUT2D eigenvalue weighted by atomic mass is 79.9. The number of amides is 1. The van der Waals surface area contributed by atoms with E-state index in [2.05, 4.69) is 36.4 Å². The molecule has 88 valence electrons. The van der Waals surface area contributed by atoms with Crippen LogP contribution in [0.25, 0.3) is 0 Å². The minimum atomic E-state index is -0.209. The number of H-pyrrole nitrogens is 1. The van der Waals surface area contributed by atoms with Crippen molar-refractivity contribution in [2.24, 2.45) is 0 Å². The molecule has 0 bridgehead atoms. The van der Waals surface area contributed by atoms with Crippen LogP contribution in [0.15, 0.2) is 29.1 Å². The number of anilines is 1. The van der Waals surface area contributed by atoms with Gasteiger partial charge in [-0.15, -0.1) is 0 Å². The van der Waals surface area contributed by atoms with Gasteiger partial charge in [0, 0.05) is 29.0 Å². The first-order chi connectivity index (χ1) is 8.16. The second kappa shape index (κ2) is 4.96. The smallest absolute Gasteiger partial charge is 0.253 e. The Morgan fingerprint density at radius 1 is 1.47 bits per heavy atom. The van der Waals surface area contributed by atoms with E-state index in [1.54, 1.807) is 18.5 Å². The molecule has 2 heterocycles. The van der Waals surface area contributed by atoms with Gasteiger partial charge in [-0.25, -0.2) is 0 Å². The number of aromatic amines is 1. The molecule has 0 saturated carbocycles. The van der Waals surface area contributed by atoms with Crippen molar-refractivity contribution in [2.45, 2.75) is 6.54 Å². The zero-order valence-electron chi connectivity index (χ0n) is 8.77. The largest absolute Gasteiger partial charge is 0.384 e. The Morgan fingerprint density at radius 2 is 2.29 bits per heavy atom. The van der Waals surface area contributed by atoms with Gasteiger partial charge in [0.15, 0.2) is 0 Å². The van der Waals surface area contributed by atoms with Gasteiger partial charge >= 0.3 is 0 Å². The van der Waals surface area contributed by atoms with E-state index in [1.165, 1.54) is 6.20 Å². The van der Waals surface area contributed by atoms with Gasteiger partial charge < -0.3 is 11.1 Å². The van der Waals surface area contributed by atoms with E-state index >= 15 is 0 Å². The van der Waals surface area contributed by atoms with Crippen molar-refractivity contribution < 1.29 is 4.79 Å². The summed E-state index contributed by atoms with van der Waals surface area (Å²) in [6.45, 7) is 0.327. The molecule has 0 radical (unpaired) electrons. The highest BCUT2D eigenvalue weighted by Crippen LogP contribution is 2.10. The fourth-order valence-corrected chi connectivity index (χ4v) is 1.64. The lowest BCUT2D eigenvalue weighted by atomic mass is 10.2. The summed E-state index contributed by atoms with van der Waals surface area (Å²) in [5, 5.41) is 9.09. The number of nitrogens with zero attached hydrogens (tertiary/aromatic N) is 2. The van der Waals surface area contributed by atoms with Crippen LogP contribution in [0.4, 0.5) is 5.82 Å². The maximum Gasteiger partial charge on any atom is 0.253 e. The summed E-state index contributed by atoms with van der Waals surface area (Å²) in [5.74, 6) is 0.247. The molecule has 0 aliphatic rings. The minimum Gasteiger partial charge on any atom is -0.384 e. The molecule has 0 fully saturated rings. The van der Waals surface area contributed by atoms with Crippen molar-refractivity contribution in [3.05, 3.63) is 40.3 Å². The quantitative estimate of drug-likeness (QED) is 0.789. The van der Waals surface area contributed by atoms with Crippen molar-refractivity contribution in [1.82, 2.24) is 20.5 Å². The Labute approximate surface area is 106 Å². The summed E-state index contributed by atoms with van der Waals surface area (Å²) in [7, 11) is 0. The van der Waals surface area contributed by atoms with E-state index in [0.717, 1.165) is 10.0 Å². The van der Waals surface area contributed by atoms with Crippen molar-refractivity contribution in [1.29, 1.82) is 0 Å². The van der Waals surface area contributed by atoms with Crippen LogP contribution in [0.1, 0.15) is 15.9 Å². The Morgan fingerprint density at radius 3 is 2.94 bits per heavy atom. The zero-order chi connectivity index (χ0) is 12.3. The van der Waals surface area contributed by atoms with Gasteiger partial charge in [0.05, 0.1) is 11.8 Å². The molecule has 0 aromatic carbocycles. The van der Waals surface area contributed by atoms with E-state index in [0.29, 0.717) is 17.9 Å². The maximum atomic E-state index is 11.8. The number of nitrogens with one attached hydrogen (secondary N) is 2. The fraction of sp³-hybridized carbons (Fsp3) is 0.100. The molecule has 0 aliphatic heterocycles. The Kier molecular flexibility index (Phi) is 3.38. The third-order valence-electron chi connectivity index (χ3n) is 2.16. The van der Waals surface area contributed by atoms with E-state index < -0.39 is 0 Å². The second-order valence-corrected chi connectivity index (χ2v) is 4.30. The first-order valence-corrected chi connectivity index (χ1v) is 5.62. The number of nitrogens with two attached hydrogens (primary N) is 1. The average Bonchev–Trinajstić information content (AvgIpc) is 2.72. The molecule has 17 heavy (non-hydrogen) atoms. The van der Waals surface area contributed by atoms with Gasteiger partial charge in [-0.05, 0) is 22.0 Å². The van der Waals surface area contributed by atoms with Crippen molar-refractivity contribution in [2.75, 3.05) is 5.73 Å². The molecule has 0 saturated heterocycles. The minimum absolute atomic E-state index is 0.209.